The van der Waals surface area contributed by atoms with Gasteiger partial charge < -0.3 is 25.2 Å². The van der Waals surface area contributed by atoms with E-state index in [0.29, 0.717) is 54.5 Å². The standard InChI is InChI=1S/C21H23F3N6O3/c1-20(31)7-5-13(6-8-20)26-17-15-16(32-10-9-25-15)19-28-27-18(30(19)29-17)12-3-2-4-14(11-12)33-21(22,23)24/h2-4,11,13,25,31H,5-10H2,1H3,(H,26,29). The zero-order valence-corrected chi connectivity index (χ0v) is 17.8. The van der Waals surface area contributed by atoms with Crippen molar-refractivity contribution in [1.29, 1.82) is 0 Å². The third-order valence-electron chi connectivity index (χ3n) is 5.89. The quantitative estimate of drug-likeness (QED) is 0.538. The molecular formula is C21H23F3N6O3. The first-order chi connectivity index (χ1) is 15.7. The molecule has 9 nitrogen and oxygen atoms in total. The summed E-state index contributed by atoms with van der Waals surface area (Å²) in [5.74, 6) is 0.903. The van der Waals surface area contributed by atoms with Gasteiger partial charge in [-0.2, -0.15) is 4.52 Å². The lowest BCUT2D eigenvalue weighted by Gasteiger charge is -2.34. The third-order valence-corrected chi connectivity index (χ3v) is 5.89. The molecule has 12 heteroatoms. The second kappa shape index (κ2) is 7.94. The molecule has 0 amide bonds. The molecular weight excluding hydrogens is 441 g/mol. The van der Waals surface area contributed by atoms with Crippen molar-refractivity contribution in [1.82, 2.24) is 19.8 Å². The number of alkyl halides is 3. The van der Waals surface area contributed by atoms with Crippen molar-refractivity contribution in [2.24, 2.45) is 0 Å². The number of hydrogen-bond donors (Lipinski definition) is 3. The van der Waals surface area contributed by atoms with E-state index in [0.717, 1.165) is 12.8 Å². The minimum Gasteiger partial charge on any atom is -0.486 e. The maximum Gasteiger partial charge on any atom is 0.573 e. The van der Waals surface area contributed by atoms with Crippen LogP contribution in [-0.4, -0.2) is 56.1 Å². The molecule has 0 bridgehead atoms. The molecule has 33 heavy (non-hydrogen) atoms. The monoisotopic (exact) mass is 464 g/mol. The molecule has 0 saturated heterocycles. The van der Waals surface area contributed by atoms with Gasteiger partial charge in [-0.1, -0.05) is 12.1 Å². The first-order valence-corrected chi connectivity index (χ1v) is 10.7. The lowest BCUT2D eigenvalue weighted by atomic mass is 9.83. The largest absolute Gasteiger partial charge is 0.573 e. The molecule has 1 aliphatic carbocycles. The van der Waals surface area contributed by atoms with Gasteiger partial charge in [-0.05, 0) is 44.7 Å². The van der Waals surface area contributed by atoms with E-state index in [1.807, 2.05) is 6.92 Å². The van der Waals surface area contributed by atoms with Gasteiger partial charge in [-0.25, -0.2) is 0 Å². The van der Waals surface area contributed by atoms with Crippen molar-refractivity contribution < 1.29 is 27.8 Å². The Labute approximate surface area is 186 Å². The number of ether oxygens (including phenoxy) is 2. The Hall–Kier alpha value is -3.28. The molecule has 1 aromatic carbocycles. The van der Waals surface area contributed by atoms with Gasteiger partial charge in [0.05, 0.1) is 5.60 Å². The van der Waals surface area contributed by atoms with E-state index < -0.39 is 12.0 Å². The Bertz CT molecular complexity index is 1170. The molecule has 1 aliphatic heterocycles. The Kier molecular flexibility index (Phi) is 5.19. The first-order valence-electron chi connectivity index (χ1n) is 10.7. The molecule has 0 unspecified atom stereocenters. The van der Waals surface area contributed by atoms with E-state index >= 15 is 0 Å². The van der Waals surface area contributed by atoms with Crippen LogP contribution in [0.4, 0.5) is 24.7 Å². The summed E-state index contributed by atoms with van der Waals surface area (Å²) in [5.41, 5.74) is 0.715. The van der Waals surface area contributed by atoms with Crippen LogP contribution in [0, 0.1) is 0 Å². The topological polar surface area (TPSA) is 106 Å². The van der Waals surface area contributed by atoms with Gasteiger partial charge in [0.25, 0.3) is 0 Å². The molecule has 2 aromatic heterocycles. The number of nitrogens with zero attached hydrogens (tertiary/aromatic N) is 4. The summed E-state index contributed by atoms with van der Waals surface area (Å²) in [6, 6.07) is 5.61. The predicted octanol–water partition coefficient (Wildman–Crippen LogP) is 3.60. The van der Waals surface area contributed by atoms with E-state index in [2.05, 4.69) is 30.7 Å². The van der Waals surface area contributed by atoms with Crippen LogP contribution in [0.25, 0.3) is 17.0 Å². The van der Waals surface area contributed by atoms with Crippen LogP contribution < -0.4 is 20.1 Å². The minimum atomic E-state index is -4.80. The third kappa shape index (κ3) is 4.47. The normalized spacial score (nSPS) is 22.9. The van der Waals surface area contributed by atoms with Crippen LogP contribution in [0.15, 0.2) is 24.3 Å². The van der Waals surface area contributed by atoms with Gasteiger partial charge in [0.15, 0.2) is 17.4 Å². The number of fused-ring (bicyclic) bond motifs is 3. The number of aliphatic hydroxyl groups is 1. The summed E-state index contributed by atoms with van der Waals surface area (Å²) < 4.78 is 49.4. The number of aromatic nitrogens is 4. The van der Waals surface area contributed by atoms with Crippen molar-refractivity contribution in [3.63, 3.8) is 0 Å². The summed E-state index contributed by atoms with van der Waals surface area (Å²) >= 11 is 0. The Balaban J connectivity index is 1.53. The van der Waals surface area contributed by atoms with Gasteiger partial charge in [0.1, 0.15) is 18.0 Å². The van der Waals surface area contributed by atoms with Gasteiger partial charge in [-0.3, -0.25) is 0 Å². The van der Waals surface area contributed by atoms with Crippen LogP contribution in [0.1, 0.15) is 32.6 Å². The van der Waals surface area contributed by atoms with Crippen LogP contribution in [0.3, 0.4) is 0 Å². The summed E-state index contributed by atoms with van der Waals surface area (Å²) in [6.45, 7) is 2.86. The van der Waals surface area contributed by atoms with Crippen molar-refractivity contribution in [3.8, 4) is 22.9 Å². The molecule has 176 valence electrons. The highest BCUT2D eigenvalue weighted by atomic mass is 19.4. The number of halogens is 3. The van der Waals surface area contributed by atoms with E-state index in [9.17, 15) is 18.3 Å². The fourth-order valence-corrected chi connectivity index (χ4v) is 4.21. The number of rotatable bonds is 4. The predicted molar refractivity (Wildman–Crippen MR) is 113 cm³/mol. The average Bonchev–Trinajstić information content (AvgIpc) is 3.18. The fourth-order valence-electron chi connectivity index (χ4n) is 4.21. The van der Waals surface area contributed by atoms with E-state index in [1.54, 1.807) is 6.07 Å². The summed E-state index contributed by atoms with van der Waals surface area (Å²) in [4.78, 5) is 0. The second-order valence-electron chi connectivity index (χ2n) is 8.58. The maximum absolute atomic E-state index is 12.7. The highest BCUT2D eigenvalue weighted by molar-refractivity contribution is 5.81. The SMILES string of the molecule is CC1(O)CCC(Nc2nn3c(-c4cccc(OC(F)(F)F)c4)nnc3c3c2NCCO3)CC1. The van der Waals surface area contributed by atoms with Crippen LogP contribution in [0.5, 0.6) is 11.5 Å². The molecule has 1 saturated carbocycles. The molecule has 1 fully saturated rings. The molecule has 3 aromatic rings. The molecule has 0 spiro atoms. The molecule has 3 N–H and O–H groups in total. The fraction of sp³-hybridized carbons (Fsp3) is 0.476. The summed E-state index contributed by atoms with van der Waals surface area (Å²) in [6.07, 6.45) is -1.92. The number of nitrogens with one attached hydrogen (secondary N) is 2. The van der Waals surface area contributed by atoms with Crippen molar-refractivity contribution >= 4 is 17.2 Å². The highest BCUT2D eigenvalue weighted by Gasteiger charge is 2.32. The first kappa shape index (κ1) is 21.6. The Morgan fingerprint density at radius 3 is 2.82 bits per heavy atom. The van der Waals surface area contributed by atoms with Crippen LogP contribution in [-0.2, 0) is 0 Å². The Morgan fingerprint density at radius 2 is 2.06 bits per heavy atom. The lowest BCUT2D eigenvalue weighted by molar-refractivity contribution is -0.274. The maximum atomic E-state index is 12.7. The van der Waals surface area contributed by atoms with Crippen molar-refractivity contribution in [3.05, 3.63) is 24.3 Å². The van der Waals surface area contributed by atoms with Gasteiger partial charge in [0.2, 0.25) is 5.65 Å². The zero-order chi connectivity index (χ0) is 23.2. The van der Waals surface area contributed by atoms with Crippen LogP contribution >= 0.6 is 0 Å². The zero-order valence-electron chi connectivity index (χ0n) is 17.8. The minimum absolute atomic E-state index is 0.103. The van der Waals surface area contributed by atoms with Gasteiger partial charge >= 0.3 is 6.36 Å². The Morgan fingerprint density at radius 1 is 1.27 bits per heavy atom. The highest BCUT2D eigenvalue weighted by Crippen LogP contribution is 2.39. The molecule has 2 aliphatic rings. The second-order valence-corrected chi connectivity index (χ2v) is 8.58. The number of benzene rings is 1. The molecule has 3 heterocycles. The molecule has 5 rings (SSSR count). The lowest BCUT2D eigenvalue weighted by Crippen LogP contribution is -2.36. The van der Waals surface area contributed by atoms with Gasteiger partial charge in [-0.15, -0.1) is 28.5 Å². The van der Waals surface area contributed by atoms with Crippen molar-refractivity contribution in [2.45, 2.75) is 50.6 Å². The summed E-state index contributed by atoms with van der Waals surface area (Å²) in [5, 5.41) is 30.0. The number of anilines is 2. The average molecular weight is 464 g/mol. The number of hydrogen-bond acceptors (Lipinski definition) is 8. The van der Waals surface area contributed by atoms with E-state index in [-0.39, 0.29) is 17.6 Å². The molecule has 0 radical (unpaired) electrons. The smallest absolute Gasteiger partial charge is 0.486 e. The summed E-state index contributed by atoms with van der Waals surface area (Å²) in [7, 11) is 0. The van der Waals surface area contributed by atoms with Crippen molar-refractivity contribution in [2.75, 3.05) is 23.8 Å². The van der Waals surface area contributed by atoms with E-state index in [4.69, 9.17) is 4.74 Å². The van der Waals surface area contributed by atoms with Gasteiger partial charge in [0, 0.05) is 18.2 Å². The molecule has 0 atom stereocenters. The van der Waals surface area contributed by atoms with E-state index in [1.165, 1.54) is 22.7 Å². The van der Waals surface area contributed by atoms with Crippen LogP contribution in [0.2, 0.25) is 0 Å².